The van der Waals surface area contributed by atoms with Crippen LogP contribution in [0.15, 0.2) is 0 Å². The molecule has 0 rings (SSSR count). The van der Waals surface area contributed by atoms with Crippen molar-refractivity contribution in [2.45, 2.75) is 59.1 Å². The molecule has 0 saturated carbocycles. The molecule has 0 aromatic heterocycles. The van der Waals surface area contributed by atoms with Crippen LogP contribution in [0.4, 0.5) is 4.79 Å². The van der Waals surface area contributed by atoms with Crippen LogP contribution in [0.2, 0.25) is 0 Å². The molecule has 0 aliphatic rings. The van der Waals surface area contributed by atoms with E-state index in [1.807, 2.05) is 20.8 Å². The molecular weight excluding hydrogens is 204 g/mol. The maximum absolute atomic E-state index is 11.4. The van der Waals surface area contributed by atoms with Crippen LogP contribution in [-0.2, 0) is 4.74 Å². The minimum atomic E-state index is -0.428. The zero-order valence-corrected chi connectivity index (χ0v) is 11.2. The zero-order valence-electron chi connectivity index (χ0n) is 11.2. The first kappa shape index (κ1) is 15.2. The molecule has 0 bridgehead atoms. The summed E-state index contributed by atoms with van der Waals surface area (Å²) in [6.45, 7) is 11.4. The van der Waals surface area contributed by atoms with Gasteiger partial charge >= 0.3 is 6.09 Å². The van der Waals surface area contributed by atoms with Crippen molar-refractivity contribution >= 4 is 6.09 Å². The molecule has 2 N–H and O–H groups in total. The number of rotatable bonds is 6. The van der Waals surface area contributed by atoms with Gasteiger partial charge in [-0.15, -0.1) is 0 Å². The van der Waals surface area contributed by atoms with Crippen molar-refractivity contribution < 1.29 is 9.53 Å². The van der Waals surface area contributed by atoms with Crippen molar-refractivity contribution in [1.82, 2.24) is 10.6 Å². The molecule has 0 aromatic rings. The van der Waals surface area contributed by atoms with E-state index in [0.29, 0.717) is 12.6 Å². The van der Waals surface area contributed by atoms with Gasteiger partial charge in [-0.2, -0.15) is 0 Å². The summed E-state index contributed by atoms with van der Waals surface area (Å²) in [5, 5.41) is 6.14. The molecule has 0 saturated heterocycles. The van der Waals surface area contributed by atoms with Gasteiger partial charge in [-0.05, 0) is 40.2 Å². The molecule has 16 heavy (non-hydrogen) atoms. The van der Waals surface area contributed by atoms with Gasteiger partial charge in [0.25, 0.3) is 0 Å². The maximum Gasteiger partial charge on any atom is 0.407 e. The lowest BCUT2D eigenvalue weighted by Crippen LogP contribution is -2.42. The van der Waals surface area contributed by atoms with Crippen LogP contribution in [0.25, 0.3) is 0 Å². The highest BCUT2D eigenvalue weighted by molar-refractivity contribution is 5.67. The Morgan fingerprint density at radius 3 is 2.38 bits per heavy atom. The Hall–Kier alpha value is -0.770. The van der Waals surface area contributed by atoms with E-state index in [-0.39, 0.29) is 6.09 Å². The van der Waals surface area contributed by atoms with Gasteiger partial charge in [-0.1, -0.05) is 13.8 Å². The van der Waals surface area contributed by atoms with Crippen LogP contribution >= 0.6 is 0 Å². The normalized spacial score (nSPS) is 13.3. The Labute approximate surface area is 99.1 Å². The lowest BCUT2D eigenvalue weighted by atomic mass is 10.2. The van der Waals surface area contributed by atoms with Gasteiger partial charge in [0.2, 0.25) is 0 Å². The molecule has 0 radical (unpaired) electrons. The maximum atomic E-state index is 11.4. The van der Waals surface area contributed by atoms with E-state index >= 15 is 0 Å². The third-order valence-corrected chi connectivity index (χ3v) is 2.07. The molecule has 4 nitrogen and oxygen atoms in total. The second kappa shape index (κ2) is 7.49. The van der Waals surface area contributed by atoms with Crippen molar-refractivity contribution in [1.29, 1.82) is 0 Å². The summed E-state index contributed by atoms with van der Waals surface area (Å²) in [4.78, 5) is 11.4. The van der Waals surface area contributed by atoms with Crippen LogP contribution in [-0.4, -0.2) is 30.8 Å². The van der Waals surface area contributed by atoms with Crippen molar-refractivity contribution in [3.8, 4) is 0 Å². The molecule has 0 aliphatic carbocycles. The van der Waals surface area contributed by atoms with Crippen LogP contribution in [0.5, 0.6) is 0 Å². The van der Waals surface area contributed by atoms with Crippen LogP contribution in [0.1, 0.15) is 47.5 Å². The summed E-state index contributed by atoms with van der Waals surface area (Å²) in [5.41, 5.74) is -0.428. The average molecular weight is 230 g/mol. The summed E-state index contributed by atoms with van der Waals surface area (Å²) in [6.07, 6.45) is 1.75. The van der Waals surface area contributed by atoms with E-state index in [1.165, 1.54) is 0 Å². The van der Waals surface area contributed by atoms with E-state index in [9.17, 15) is 4.79 Å². The number of carbonyl (C=O) groups is 1. The minimum Gasteiger partial charge on any atom is -0.444 e. The fraction of sp³-hybridized carbons (Fsp3) is 0.917. The molecular formula is C12H26N2O2. The van der Waals surface area contributed by atoms with Crippen LogP contribution < -0.4 is 10.6 Å². The standard InChI is InChI=1S/C12H26N2O2/c1-6-8-13-10(7-2)9-14-11(15)16-12(3,4)5/h10,13H,6-9H2,1-5H3,(H,14,15). The average Bonchev–Trinajstić information content (AvgIpc) is 2.15. The number of nitrogens with one attached hydrogen (secondary N) is 2. The molecule has 0 aliphatic heterocycles. The molecule has 4 heteroatoms. The summed E-state index contributed by atoms with van der Waals surface area (Å²) in [7, 11) is 0. The topological polar surface area (TPSA) is 50.4 Å². The summed E-state index contributed by atoms with van der Waals surface area (Å²) in [6, 6.07) is 0.326. The molecule has 1 atom stereocenters. The minimum absolute atomic E-state index is 0.326. The first-order valence-corrected chi connectivity index (χ1v) is 6.09. The molecule has 0 aromatic carbocycles. The third-order valence-electron chi connectivity index (χ3n) is 2.07. The smallest absolute Gasteiger partial charge is 0.407 e. The molecule has 0 heterocycles. The predicted molar refractivity (Wildman–Crippen MR) is 66.6 cm³/mol. The van der Waals surface area contributed by atoms with Gasteiger partial charge in [-0.3, -0.25) is 0 Å². The van der Waals surface area contributed by atoms with Crippen LogP contribution in [0, 0.1) is 0 Å². The highest BCUT2D eigenvalue weighted by Crippen LogP contribution is 2.06. The van der Waals surface area contributed by atoms with Crippen molar-refractivity contribution in [3.05, 3.63) is 0 Å². The first-order chi connectivity index (χ1) is 7.39. The van der Waals surface area contributed by atoms with Gasteiger partial charge in [0.05, 0.1) is 0 Å². The lowest BCUT2D eigenvalue weighted by molar-refractivity contribution is 0.0522. The summed E-state index contributed by atoms with van der Waals surface area (Å²) >= 11 is 0. The lowest BCUT2D eigenvalue weighted by Gasteiger charge is -2.22. The van der Waals surface area contributed by atoms with Gasteiger partial charge in [0, 0.05) is 12.6 Å². The van der Waals surface area contributed by atoms with E-state index in [2.05, 4.69) is 24.5 Å². The number of hydrogen-bond acceptors (Lipinski definition) is 3. The van der Waals surface area contributed by atoms with Crippen LogP contribution in [0.3, 0.4) is 0 Å². The number of hydrogen-bond donors (Lipinski definition) is 2. The molecule has 0 fully saturated rings. The van der Waals surface area contributed by atoms with Gasteiger partial charge in [-0.25, -0.2) is 4.79 Å². The third kappa shape index (κ3) is 8.53. The second-order valence-electron chi connectivity index (χ2n) is 4.94. The quantitative estimate of drug-likeness (QED) is 0.736. The molecule has 0 spiro atoms. The predicted octanol–water partition coefficient (Wildman–Crippen LogP) is 2.29. The monoisotopic (exact) mass is 230 g/mol. The van der Waals surface area contributed by atoms with Crippen molar-refractivity contribution in [2.75, 3.05) is 13.1 Å². The van der Waals surface area contributed by atoms with E-state index in [4.69, 9.17) is 4.74 Å². The van der Waals surface area contributed by atoms with Crippen molar-refractivity contribution in [3.63, 3.8) is 0 Å². The SMILES string of the molecule is CCCNC(CC)CNC(=O)OC(C)(C)C. The molecule has 1 unspecified atom stereocenters. The van der Waals surface area contributed by atoms with Gasteiger partial charge < -0.3 is 15.4 Å². The Bertz CT molecular complexity index is 200. The molecule has 1 amide bonds. The number of ether oxygens (including phenoxy) is 1. The Kier molecular flexibility index (Phi) is 7.13. The highest BCUT2D eigenvalue weighted by atomic mass is 16.6. The van der Waals surface area contributed by atoms with Gasteiger partial charge in [0.1, 0.15) is 5.60 Å². The largest absolute Gasteiger partial charge is 0.444 e. The number of amides is 1. The summed E-state index contributed by atoms with van der Waals surface area (Å²) < 4.78 is 5.16. The Morgan fingerprint density at radius 1 is 1.31 bits per heavy atom. The zero-order chi connectivity index (χ0) is 12.6. The Balaban J connectivity index is 3.79. The highest BCUT2D eigenvalue weighted by Gasteiger charge is 2.16. The fourth-order valence-corrected chi connectivity index (χ4v) is 1.23. The van der Waals surface area contributed by atoms with Gasteiger partial charge in [0.15, 0.2) is 0 Å². The second-order valence-corrected chi connectivity index (χ2v) is 4.94. The van der Waals surface area contributed by atoms with E-state index in [0.717, 1.165) is 19.4 Å². The summed E-state index contributed by atoms with van der Waals surface area (Å²) in [5.74, 6) is 0. The first-order valence-electron chi connectivity index (χ1n) is 6.09. The van der Waals surface area contributed by atoms with E-state index in [1.54, 1.807) is 0 Å². The fourth-order valence-electron chi connectivity index (χ4n) is 1.23. The van der Waals surface area contributed by atoms with E-state index < -0.39 is 5.60 Å². The Morgan fingerprint density at radius 2 is 1.94 bits per heavy atom. The number of carbonyl (C=O) groups excluding carboxylic acids is 1. The van der Waals surface area contributed by atoms with Crippen molar-refractivity contribution in [2.24, 2.45) is 0 Å². The molecule has 96 valence electrons. The number of alkyl carbamates (subject to hydrolysis) is 1.